The summed E-state index contributed by atoms with van der Waals surface area (Å²) in [6, 6.07) is 2.10. The summed E-state index contributed by atoms with van der Waals surface area (Å²) < 4.78 is 0. The third-order valence-corrected chi connectivity index (χ3v) is 4.83. The van der Waals surface area contributed by atoms with Crippen LogP contribution in [-0.4, -0.2) is 42.0 Å². The molecule has 0 saturated carbocycles. The van der Waals surface area contributed by atoms with Crippen LogP contribution in [-0.2, 0) is 6.42 Å². The topological polar surface area (TPSA) is 40.5 Å². The first kappa shape index (κ1) is 16.8. The van der Waals surface area contributed by atoms with E-state index in [-0.39, 0.29) is 0 Å². The molecule has 1 N–H and O–H groups in total. The van der Waals surface area contributed by atoms with Crippen LogP contribution in [0.4, 0.5) is 0 Å². The van der Waals surface area contributed by atoms with Crippen molar-refractivity contribution in [2.45, 2.75) is 47.0 Å². The molecule has 1 aromatic rings. The van der Waals surface area contributed by atoms with Crippen molar-refractivity contribution in [2.75, 3.05) is 26.2 Å². The van der Waals surface area contributed by atoms with Crippen LogP contribution in [0.5, 0.6) is 0 Å². The van der Waals surface area contributed by atoms with E-state index in [0.29, 0.717) is 5.41 Å². The fraction of sp³-hybridized carbons (Fsp3) is 0.667. The molecule has 1 aliphatic heterocycles. The summed E-state index contributed by atoms with van der Waals surface area (Å²) in [7, 11) is 0. The van der Waals surface area contributed by atoms with Gasteiger partial charge >= 0.3 is 0 Å². The Morgan fingerprint density at radius 1 is 1.45 bits per heavy atom. The molecule has 1 aliphatic rings. The molecule has 2 heterocycles. The first-order valence-electron chi connectivity index (χ1n) is 8.50. The van der Waals surface area contributed by atoms with Crippen LogP contribution >= 0.6 is 0 Å². The quantitative estimate of drug-likeness (QED) is 0.671. The Balaban J connectivity index is 1.98. The molecule has 1 atom stereocenters. The van der Waals surface area contributed by atoms with Crippen LogP contribution < -0.4 is 5.32 Å². The Morgan fingerprint density at radius 3 is 2.91 bits per heavy atom. The number of likely N-dealkylation sites (tertiary alicyclic amines) is 1. The molecular formula is C18H30N4. The molecule has 0 aromatic carbocycles. The standard InChI is InChI=1S/C18H30N4/c1-5-18(4)9-12-22(14-18)17(20-6-2)21-11-8-16-7-10-19-13-15(16)3/h7,10,13H,5-6,8-9,11-12,14H2,1-4H3,(H,20,21). The maximum absolute atomic E-state index is 4.84. The monoisotopic (exact) mass is 302 g/mol. The molecular weight excluding hydrogens is 272 g/mol. The van der Waals surface area contributed by atoms with E-state index in [1.165, 1.54) is 24.0 Å². The fourth-order valence-corrected chi connectivity index (χ4v) is 2.98. The normalized spacial score (nSPS) is 22.2. The molecule has 0 amide bonds. The third-order valence-electron chi connectivity index (χ3n) is 4.83. The van der Waals surface area contributed by atoms with Crippen molar-refractivity contribution < 1.29 is 0 Å². The maximum atomic E-state index is 4.84. The van der Waals surface area contributed by atoms with Gasteiger partial charge in [-0.1, -0.05) is 13.8 Å². The molecule has 4 heteroatoms. The van der Waals surface area contributed by atoms with E-state index < -0.39 is 0 Å². The third kappa shape index (κ3) is 4.21. The first-order valence-corrected chi connectivity index (χ1v) is 8.50. The second-order valence-electron chi connectivity index (χ2n) is 6.62. The summed E-state index contributed by atoms with van der Waals surface area (Å²) in [5.41, 5.74) is 3.04. The van der Waals surface area contributed by atoms with Gasteiger partial charge in [0.1, 0.15) is 0 Å². The van der Waals surface area contributed by atoms with Gasteiger partial charge in [0, 0.05) is 38.6 Å². The number of hydrogen-bond acceptors (Lipinski definition) is 2. The largest absolute Gasteiger partial charge is 0.357 e. The zero-order valence-electron chi connectivity index (χ0n) is 14.5. The van der Waals surface area contributed by atoms with Crippen molar-refractivity contribution in [3.05, 3.63) is 29.6 Å². The van der Waals surface area contributed by atoms with Gasteiger partial charge in [-0.2, -0.15) is 0 Å². The number of guanidine groups is 1. The summed E-state index contributed by atoms with van der Waals surface area (Å²) in [6.45, 7) is 12.9. The van der Waals surface area contributed by atoms with E-state index in [9.17, 15) is 0 Å². The van der Waals surface area contributed by atoms with Crippen LogP contribution in [0.3, 0.4) is 0 Å². The fourth-order valence-electron chi connectivity index (χ4n) is 2.98. The molecule has 2 rings (SSSR count). The highest BCUT2D eigenvalue weighted by Crippen LogP contribution is 2.32. The Labute approximate surface area is 135 Å². The zero-order valence-corrected chi connectivity index (χ0v) is 14.5. The lowest BCUT2D eigenvalue weighted by Gasteiger charge is -2.25. The number of rotatable bonds is 5. The average molecular weight is 302 g/mol. The highest BCUT2D eigenvalue weighted by atomic mass is 15.3. The lowest BCUT2D eigenvalue weighted by Crippen LogP contribution is -2.41. The number of aryl methyl sites for hydroxylation is 1. The summed E-state index contributed by atoms with van der Waals surface area (Å²) >= 11 is 0. The van der Waals surface area contributed by atoms with Gasteiger partial charge in [0.25, 0.3) is 0 Å². The van der Waals surface area contributed by atoms with Crippen LogP contribution in [0.2, 0.25) is 0 Å². The minimum Gasteiger partial charge on any atom is -0.357 e. The molecule has 0 spiro atoms. The SMILES string of the molecule is CCNC(=NCCc1ccncc1C)N1CCC(C)(CC)C1. The van der Waals surface area contributed by atoms with Crippen molar-refractivity contribution in [3.8, 4) is 0 Å². The van der Waals surface area contributed by atoms with E-state index in [4.69, 9.17) is 4.99 Å². The Hall–Kier alpha value is -1.58. The van der Waals surface area contributed by atoms with Gasteiger partial charge in [-0.05, 0) is 55.7 Å². The number of hydrogen-bond donors (Lipinski definition) is 1. The number of nitrogens with one attached hydrogen (secondary N) is 1. The lowest BCUT2D eigenvalue weighted by molar-refractivity contribution is 0.322. The highest BCUT2D eigenvalue weighted by Gasteiger charge is 2.33. The smallest absolute Gasteiger partial charge is 0.193 e. The Kier molecular flexibility index (Phi) is 5.81. The molecule has 0 radical (unpaired) electrons. The first-order chi connectivity index (χ1) is 10.6. The maximum Gasteiger partial charge on any atom is 0.193 e. The van der Waals surface area contributed by atoms with Crippen molar-refractivity contribution in [1.82, 2.24) is 15.2 Å². The van der Waals surface area contributed by atoms with Crippen LogP contribution in [0, 0.1) is 12.3 Å². The summed E-state index contributed by atoms with van der Waals surface area (Å²) in [5.74, 6) is 1.08. The predicted molar refractivity (Wildman–Crippen MR) is 93.2 cm³/mol. The van der Waals surface area contributed by atoms with Crippen molar-refractivity contribution in [3.63, 3.8) is 0 Å². The molecule has 4 nitrogen and oxygen atoms in total. The van der Waals surface area contributed by atoms with Crippen LogP contribution in [0.15, 0.2) is 23.5 Å². The molecule has 1 saturated heterocycles. The second-order valence-corrected chi connectivity index (χ2v) is 6.62. The van der Waals surface area contributed by atoms with E-state index in [0.717, 1.165) is 38.6 Å². The summed E-state index contributed by atoms with van der Waals surface area (Å²) in [6.07, 6.45) is 7.26. The number of pyridine rings is 1. The van der Waals surface area contributed by atoms with Crippen molar-refractivity contribution in [2.24, 2.45) is 10.4 Å². The number of aliphatic imine (C=N–C) groups is 1. The molecule has 1 aromatic heterocycles. The lowest BCUT2D eigenvalue weighted by atomic mass is 9.87. The van der Waals surface area contributed by atoms with Gasteiger partial charge < -0.3 is 10.2 Å². The van der Waals surface area contributed by atoms with Gasteiger partial charge in [-0.3, -0.25) is 9.98 Å². The molecule has 22 heavy (non-hydrogen) atoms. The minimum absolute atomic E-state index is 0.442. The minimum atomic E-state index is 0.442. The van der Waals surface area contributed by atoms with E-state index in [2.05, 4.69) is 49.0 Å². The molecule has 0 aliphatic carbocycles. The summed E-state index contributed by atoms with van der Waals surface area (Å²) in [4.78, 5) is 11.4. The Bertz CT molecular complexity index is 512. The van der Waals surface area contributed by atoms with E-state index in [1.807, 2.05) is 12.4 Å². The van der Waals surface area contributed by atoms with Gasteiger partial charge in [-0.15, -0.1) is 0 Å². The molecule has 0 bridgehead atoms. The molecule has 1 fully saturated rings. The highest BCUT2D eigenvalue weighted by molar-refractivity contribution is 5.80. The summed E-state index contributed by atoms with van der Waals surface area (Å²) in [5, 5.41) is 3.45. The number of aromatic nitrogens is 1. The van der Waals surface area contributed by atoms with Crippen LogP contribution in [0.25, 0.3) is 0 Å². The van der Waals surface area contributed by atoms with Gasteiger partial charge in [0.05, 0.1) is 0 Å². The van der Waals surface area contributed by atoms with E-state index >= 15 is 0 Å². The second kappa shape index (κ2) is 7.61. The zero-order chi connectivity index (χ0) is 16.0. The Morgan fingerprint density at radius 2 is 2.27 bits per heavy atom. The predicted octanol–water partition coefficient (Wildman–Crippen LogP) is 3.02. The number of nitrogens with zero attached hydrogens (tertiary/aromatic N) is 3. The van der Waals surface area contributed by atoms with Gasteiger partial charge in [0.2, 0.25) is 0 Å². The van der Waals surface area contributed by atoms with Gasteiger partial charge in [0.15, 0.2) is 5.96 Å². The van der Waals surface area contributed by atoms with Crippen molar-refractivity contribution in [1.29, 1.82) is 0 Å². The van der Waals surface area contributed by atoms with E-state index in [1.54, 1.807) is 0 Å². The molecule has 1 unspecified atom stereocenters. The van der Waals surface area contributed by atoms with Crippen LogP contribution in [0.1, 0.15) is 44.7 Å². The average Bonchev–Trinajstić information content (AvgIpc) is 2.91. The van der Waals surface area contributed by atoms with Gasteiger partial charge in [-0.25, -0.2) is 0 Å². The van der Waals surface area contributed by atoms with Crippen molar-refractivity contribution >= 4 is 5.96 Å². The molecule has 122 valence electrons.